The number of carboxylic acid groups (broad SMARTS) is 1. The van der Waals surface area contributed by atoms with E-state index in [1.807, 2.05) is 0 Å². The van der Waals surface area contributed by atoms with E-state index in [1.165, 1.54) is 19.3 Å². The topological polar surface area (TPSA) is 37.3 Å². The Morgan fingerprint density at radius 3 is 2.11 bits per heavy atom. The average Bonchev–Trinajstić information content (AvgIpc) is 2.13. The van der Waals surface area contributed by atoms with Crippen molar-refractivity contribution in [3.63, 3.8) is 0 Å². The lowest BCUT2D eigenvalue weighted by atomic mass is 9.72. The highest BCUT2D eigenvalue weighted by Gasteiger charge is 2.50. The molecule has 2 heteroatoms. The highest BCUT2D eigenvalue weighted by atomic mass is 16.4. The third-order valence-corrected chi connectivity index (χ3v) is 2.81. The van der Waals surface area contributed by atoms with E-state index >= 15 is 0 Å². The average molecular weight is 126 g/mol. The molecule has 0 radical (unpaired) electrons. The normalized spacial score (nSPS) is 46.4. The highest BCUT2D eigenvalue weighted by molar-refractivity contribution is 5.72. The number of carbonyl (C=O) groups is 1. The van der Waals surface area contributed by atoms with Crippen LogP contribution in [-0.2, 0) is 4.79 Å². The van der Waals surface area contributed by atoms with Crippen molar-refractivity contribution >= 4 is 5.97 Å². The van der Waals surface area contributed by atoms with Crippen LogP contribution in [0.25, 0.3) is 0 Å². The summed E-state index contributed by atoms with van der Waals surface area (Å²) in [5.41, 5.74) is 0. The number of aliphatic carboxylic acids is 1. The van der Waals surface area contributed by atoms with Crippen LogP contribution < -0.4 is 0 Å². The Morgan fingerprint density at radius 1 is 1.33 bits per heavy atom. The van der Waals surface area contributed by atoms with Gasteiger partial charge in [-0.15, -0.1) is 0 Å². The maximum Gasteiger partial charge on any atom is 0.307 e. The minimum absolute atomic E-state index is 0.0463. The molecule has 0 heterocycles. The van der Waals surface area contributed by atoms with Gasteiger partial charge in [-0.05, 0) is 31.1 Å². The van der Waals surface area contributed by atoms with Crippen LogP contribution in [0.5, 0.6) is 0 Å². The van der Waals surface area contributed by atoms with Gasteiger partial charge in [0.1, 0.15) is 0 Å². The standard InChI is InChI=1S/C7H10O2/c8-7(9)6-4-1-2-5(6)3-4/h4-6H,1-3H2,(H,8,9)/t4-,5-/m0/s1. The molecule has 0 spiro atoms. The fraction of sp³-hybridized carbons (Fsp3) is 0.857. The molecule has 3 aliphatic carbocycles. The minimum Gasteiger partial charge on any atom is -0.481 e. The lowest BCUT2D eigenvalue weighted by Gasteiger charge is -2.31. The molecule has 3 saturated carbocycles. The SMILES string of the molecule is O=C(O)C1[C@H]2CC[C@H]1C2. The smallest absolute Gasteiger partial charge is 0.307 e. The number of hydrogen-bond donors (Lipinski definition) is 1. The zero-order chi connectivity index (χ0) is 6.43. The summed E-state index contributed by atoms with van der Waals surface area (Å²) >= 11 is 0. The van der Waals surface area contributed by atoms with Crippen LogP contribution in [-0.4, -0.2) is 11.1 Å². The molecule has 50 valence electrons. The summed E-state index contributed by atoms with van der Waals surface area (Å²) in [4.78, 5) is 10.4. The summed E-state index contributed by atoms with van der Waals surface area (Å²) in [7, 11) is 0. The second kappa shape index (κ2) is 1.49. The second-order valence-corrected chi connectivity index (χ2v) is 3.20. The molecule has 0 aliphatic heterocycles. The monoisotopic (exact) mass is 126 g/mol. The van der Waals surface area contributed by atoms with E-state index in [1.54, 1.807) is 0 Å². The maximum absolute atomic E-state index is 10.4. The Morgan fingerprint density at radius 2 is 1.89 bits per heavy atom. The lowest BCUT2D eigenvalue weighted by Crippen LogP contribution is -2.34. The minimum atomic E-state index is -0.561. The van der Waals surface area contributed by atoms with Crippen molar-refractivity contribution in [1.29, 1.82) is 0 Å². The molecule has 0 saturated heterocycles. The summed E-state index contributed by atoms with van der Waals surface area (Å²) in [5, 5.41) is 8.61. The van der Waals surface area contributed by atoms with Gasteiger partial charge in [0.15, 0.2) is 0 Å². The van der Waals surface area contributed by atoms with Crippen LogP contribution in [0.2, 0.25) is 0 Å². The van der Waals surface area contributed by atoms with Crippen molar-refractivity contribution < 1.29 is 9.90 Å². The molecule has 9 heavy (non-hydrogen) atoms. The van der Waals surface area contributed by atoms with Crippen LogP contribution in [0.3, 0.4) is 0 Å². The van der Waals surface area contributed by atoms with Gasteiger partial charge in [-0.3, -0.25) is 4.79 Å². The summed E-state index contributed by atoms with van der Waals surface area (Å²) in [6.45, 7) is 0. The third-order valence-electron chi connectivity index (χ3n) is 2.81. The molecule has 0 aromatic carbocycles. The Balaban J connectivity index is 2.10. The molecule has 1 N–H and O–H groups in total. The van der Waals surface area contributed by atoms with Crippen molar-refractivity contribution in [3.8, 4) is 0 Å². The van der Waals surface area contributed by atoms with Crippen LogP contribution >= 0.6 is 0 Å². The number of rotatable bonds is 1. The quantitative estimate of drug-likeness (QED) is 0.571. The molecular formula is C7H10O2. The number of carboxylic acids is 1. The van der Waals surface area contributed by atoms with Crippen molar-refractivity contribution in [1.82, 2.24) is 0 Å². The van der Waals surface area contributed by atoms with Gasteiger partial charge in [0, 0.05) is 0 Å². The Kier molecular flexibility index (Phi) is 0.875. The molecule has 2 bridgehead atoms. The van der Waals surface area contributed by atoms with Gasteiger partial charge in [-0.25, -0.2) is 0 Å². The van der Waals surface area contributed by atoms with E-state index in [9.17, 15) is 4.79 Å². The highest BCUT2D eigenvalue weighted by Crippen LogP contribution is 2.53. The molecule has 0 unspecified atom stereocenters. The predicted molar refractivity (Wildman–Crippen MR) is 32.0 cm³/mol. The first-order valence-corrected chi connectivity index (χ1v) is 3.52. The first-order chi connectivity index (χ1) is 4.29. The Labute approximate surface area is 53.9 Å². The molecular weight excluding hydrogens is 116 g/mol. The van der Waals surface area contributed by atoms with Crippen molar-refractivity contribution in [3.05, 3.63) is 0 Å². The molecule has 0 aromatic heterocycles. The molecule has 2 nitrogen and oxygen atoms in total. The fourth-order valence-corrected chi connectivity index (χ4v) is 2.30. The lowest BCUT2D eigenvalue weighted by molar-refractivity contribution is -0.148. The largest absolute Gasteiger partial charge is 0.481 e. The molecule has 0 aromatic rings. The van der Waals surface area contributed by atoms with E-state index in [4.69, 9.17) is 5.11 Å². The van der Waals surface area contributed by atoms with Gasteiger partial charge in [0.25, 0.3) is 0 Å². The van der Waals surface area contributed by atoms with E-state index < -0.39 is 5.97 Å². The van der Waals surface area contributed by atoms with E-state index in [0.717, 1.165) is 0 Å². The fourth-order valence-electron chi connectivity index (χ4n) is 2.30. The maximum atomic E-state index is 10.4. The van der Waals surface area contributed by atoms with Gasteiger partial charge < -0.3 is 5.11 Å². The Bertz CT molecular complexity index is 139. The molecule has 0 amide bonds. The van der Waals surface area contributed by atoms with Gasteiger partial charge in [-0.1, -0.05) is 0 Å². The number of fused-ring (bicyclic) bond motifs is 1. The first-order valence-electron chi connectivity index (χ1n) is 3.52. The summed E-state index contributed by atoms with van der Waals surface area (Å²) in [6, 6.07) is 0. The van der Waals surface area contributed by atoms with Crippen LogP contribution in [0.15, 0.2) is 0 Å². The molecule has 3 fully saturated rings. The van der Waals surface area contributed by atoms with Crippen LogP contribution in [0.1, 0.15) is 19.3 Å². The Hall–Kier alpha value is -0.530. The van der Waals surface area contributed by atoms with Gasteiger partial charge in [-0.2, -0.15) is 0 Å². The summed E-state index contributed by atoms with van der Waals surface area (Å²) in [6.07, 6.45) is 3.53. The van der Waals surface area contributed by atoms with E-state index in [-0.39, 0.29) is 5.92 Å². The second-order valence-electron chi connectivity index (χ2n) is 3.20. The van der Waals surface area contributed by atoms with Crippen molar-refractivity contribution in [2.45, 2.75) is 19.3 Å². The van der Waals surface area contributed by atoms with Gasteiger partial charge in [0.05, 0.1) is 5.92 Å². The molecule has 2 atom stereocenters. The van der Waals surface area contributed by atoms with Crippen molar-refractivity contribution in [2.75, 3.05) is 0 Å². The third kappa shape index (κ3) is 0.533. The zero-order valence-corrected chi connectivity index (χ0v) is 5.21. The van der Waals surface area contributed by atoms with Gasteiger partial charge >= 0.3 is 5.97 Å². The molecule has 3 rings (SSSR count). The van der Waals surface area contributed by atoms with E-state index in [2.05, 4.69) is 0 Å². The van der Waals surface area contributed by atoms with Crippen molar-refractivity contribution in [2.24, 2.45) is 17.8 Å². The van der Waals surface area contributed by atoms with E-state index in [0.29, 0.717) is 11.8 Å². The van der Waals surface area contributed by atoms with Crippen LogP contribution in [0.4, 0.5) is 0 Å². The number of hydrogen-bond acceptors (Lipinski definition) is 1. The van der Waals surface area contributed by atoms with Gasteiger partial charge in [0.2, 0.25) is 0 Å². The first kappa shape index (κ1) is 5.27. The molecule has 3 aliphatic rings. The summed E-state index contributed by atoms with van der Waals surface area (Å²) in [5.74, 6) is 0.582. The zero-order valence-electron chi connectivity index (χ0n) is 5.21. The predicted octanol–water partition coefficient (Wildman–Crippen LogP) is 1.12. The van der Waals surface area contributed by atoms with Crippen LogP contribution in [0, 0.1) is 17.8 Å². The summed E-state index contributed by atoms with van der Waals surface area (Å²) < 4.78 is 0.